The molecule has 16 heavy (non-hydrogen) atoms. The maximum atomic E-state index is 11.2. The summed E-state index contributed by atoms with van der Waals surface area (Å²) >= 11 is 0. The summed E-state index contributed by atoms with van der Waals surface area (Å²) in [4.78, 5) is 22.9. The van der Waals surface area contributed by atoms with Crippen molar-refractivity contribution < 1.29 is 9.90 Å². The molecule has 0 heterocycles. The summed E-state index contributed by atoms with van der Waals surface area (Å²) in [6.45, 7) is 5.26. The Balaban J connectivity index is 3.32. The van der Waals surface area contributed by atoms with E-state index >= 15 is 0 Å². The van der Waals surface area contributed by atoms with Crippen molar-refractivity contribution in [1.29, 1.82) is 0 Å². The highest BCUT2D eigenvalue weighted by molar-refractivity contribution is 5.91. The first kappa shape index (κ1) is 12.2. The molecule has 0 aliphatic heterocycles. The zero-order valence-corrected chi connectivity index (χ0v) is 9.47. The number of para-hydroxylation sites is 1. The van der Waals surface area contributed by atoms with Crippen LogP contribution in [0.4, 0.5) is 16.2 Å². The quantitative estimate of drug-likeness (QED) is 0.780. The van der Waals surface area contributed by atoms with Crippen LogP contribution in [0.1, 0.15) is 20.8 Å². The van der Waals surface area contributed by atoms with Gasteiger partial charge in [0, 0.05) is 5.54 Å². The standard InChI is InChI=1S/C11H14N2O3/c1-11(2,3)13(10(14)15)9-7-5-4-6-8(9)12-16/h4-7H,1-3H3,(H,14,15). The molecular weight excluding hydrogens is 208 g/mol. The SMILES string of the molecule is CC(C)(C)N(C(=O)O)c1ccccc1N=O. The Hall–Kier alpha value is -1.91. The van der Waals surface area contributed by atoms with E-state index in [0.717, 1.165) is 4.90 Å². The zero-order valence-electron chi connectivity index (χ0n) is 9.47. The van der Waals surface area contributed by atoms with Crippen LogP contribution in [0.5, 0.6) is 0 Å². The van der Waals surface area contributed by atoms with Gasteiger partial charge in [0.2, 0.25) is 0 Å². The van der Waals surface area contributed by atoms with E-state index in [0.29, 0.717) is 5.69 Å². The molecule has 5 heteroatoms. The number of rotatable bonds is 2. The molecule has 0 atom stereocenters. The molecule has 1 N–H and O–H groups in total. The topological polar surface area (TPSA) is 70.0 Å². The van der Waals surface area contributed by atoms with Crippen molar-refractivity contribution in [2.24, 2.45) is 5.18 Å². The maximum absolute atomic E-state index is 11.2. The van der Waals surface area contributed by atoms with Gasteiger partial charge in [-0.05, 0) is 38.1 Å². The Kier molecular flexibility index (Phi) is 3.27. The van der Waals surface area contributed by atoms with Crippen LogP contribution in [0.15, 0.2) is 29.4 Å². The molecule has 1 aromatic carbocycles. The molecule has 5 nitrogen and oxygen atoms in total. The Morgan fingerprint density at radius 1 is 1.31 bits per heavy atom. The molecule has 1 rings (SSSR count). The number of carbonyl (C=O) groups is 1. The number of anilines is 1. The zero-order chi connectivity index (χ0) is 12.3. The van der Waals surface area contributed by atoms with E-state index in [1.807, 2.05) is 0 Å². The van der Waals surface area contributed by atoms with Gasteiger partial charge in [-0.2, -0.15) is 0 Å². The smallest absolute Gasteiger partial charge is 0.412 e. The number of nitroso groups, excluding NO2 is 1. The van der Waals surface area contributed by atoms with Gasteiger partial charge < -0.3 is 5.11 Å². The second-order valence-corrected chi connectivity index (χ2v) is 4.37. The summed E-state index contributed by atoms with van der Waals surface area (Å²) in [6, 6.07) is 6.37. The molecule has 86 valence electrons. The van der Waals surface area contributed by atoms with Crippen LogP contribution in [0.2, 0.25) is 0 Å². The maximum Gasteiger partial charge on any atom is 0.412 e. The Morgan fingerprint density at radius 3 is 2.31 bits per heavy atom. The molecule has 0 saturated carbocycles. The molecule has 0 aliphatic carbocycles. The summed E-state index contributed by atoms with van der Waals surface area (Å²) in [5.41, 5.74) is -0.204. The Bertz CT molecular complexity index is 410. The molecule has 0 saturated heterocycles. The highest BCUT2D eigenvalue weighted by Gasteiger charge is 2.29. The summed E-state index contributed by atoms with van der Waals surface area (Å²) in [5.74, 6) is 0. The van der Waals surface area contributed by atoms with E-state index in [2.05, 4.69) is 5.18 Å². The number of carboxylic acid groups (broad SMARTS) is 1. The first-order chi connectivity index (χ1) is 7.38. The van der Waals surface area contributed by atoms with Crippen LogP contribution in [0.25, 0.3) is 0 Å². The van der Waals surface area contributed by atoms with Gasteiger partial charge in [0.05, 0.1) is 5.69 Å². The third-order valence-electron chi connectivity index (χ3n) is 2.08. The monoisotopic (exact) mass is 222 g/mol. The van der Waals surface area contributed by atoms with E-state index in [-0.39, 0.29) is 5.69 Å². The van der Waals surface area contributed by atoms with Crippen molar-refractivity contribution in [3.63, 3.8) is 0 Å². The summed E-state index contributed by atoms with van der Waals surface area (Å²) < 4.78 is 0. The van der Waals surface area contributed by atoms with Crippen LogP contribution in [0, 0.1) is 4.91 Å². The normalized spacial score (nSPS) is 10.9. The van der Waals surface area contributed by atoms with E-state index in [9.17, 15) is 9.70 Å². The van der Waals surface area contributed by atoms with Gasteiger partial charge in [-0.3, -0.25) is 4.90 Å². The van der Waals surface area contributed by atoms with E-state index in [1.54, 1.807) is 39.0 Å². The highest BCUT2D eigenvalue weighted by Crippen LogP contribution is 2.32. The molecule has 0 aliphatic rings. The van der Waals surface area contributed by atoms with Crippen molar-refractivity contribution in [3.05, 3.63) is 29.2 Å². The van der Waals surface area contributed by atoms with E-state index in [1.165, 1.54) is 6.07 Å². The number of nitrogens with zero attached hydrogens (tertiary/aromatic N) is 2. The predicted molar refractivity (Wildman–Crippen MR) is 62.2 cm³/mol. The summed E-state index contributed by atoms with van der Waals surface area (Å²) in [6.07, 6.45) is -1.11. The molecule has 1 amide bonds. The van der Waals surface area contributed by atoms with Gasteiger partial charge in [-0.15, -0.1) is 4.91 Å². The van der Waals surface area contributed by atoms with E-state index in [4.69, 9.17) is 5.11 Å². The lowest BCUT2D eigenvalue weighted by Crippen LogP contribution is -2.45. The molecule has 0 spiro atoms. The fourth-order valence-electron chi connectivity index (χ4n) is 1.48. The first-order valence-electron chi connectivity index (χ1n) is 4.83. The largest absolute Gasteiger partial charge is 0.465 e. The van der Waals surface area contributed by atoms with Crippen LogP contribution in [-0.4, -0.2) is 16.7 Å². The molecule has 0 bridgehead atoms. The van der Waals surface area contributed by atoms with Gasteiger partial charge in [0.25, 0.3) is 0 Å². The highest BCUT2D eigenvalue weighted by atomic mass is 16.4. The minimum Gasteiger partial charge on any atom is -0.465 e. The second-order valence-electron chi connectivity index (χ2n) is 4.37. The number of hydrogen-bond donors (Lipinski definition) is 1. The van der Waals surface area contributed by atoms with Crippen molar-refractivity contribution in [2.45, 2.75) is 26.3 Å². The van der Waals surface area contributed by atoms with Crippen molar-refractivity contribution in [2.75, 3.05) is 4.90 Å². The lowest BCUT2D eigenvalue weighted by molar-refractivity contribution is 0.195. The molecule has 0 radical (unpaired) electrons. The van der Waals surface area contributed by atoms with Crippen molar-refractivity contribution >= 4 is 17.5 Å². The summed E-state index contributed by atoms with van der Waals surface area (Å²) in [5, 5.41) is 12.0. The van der Waals surface area contributed by atoms with Crippen LogP contribution in [0.3, 0.4) is 0 Å². The first-order valence-corrected chi connectivity index (χ1v) is 4.83. The lowest BCUT2D eigenvalue weighted by atomic mass is 10.1. The van der Waals surface area contributed by atoms with Crippen molar-refractivity contribution in [1.82, 2.24) is 0 Å². The minimum absolute atomic E-state index is 0.125. The fraction of sp³-hybridized carbons (Fsp3) is 0.364. The lowest BCUT2D eigenvalue weighted by Gasteiger charge is -2.33. The molecule has 0 fully saturated rings. The molecule has 0 aromatic heterocycles. The molecule has 0 unspecified atom stereocenters. The number of hydrogen-bond acceptors (Lipinski definition) is 3. The summed E-state index contributed by atoms with van der Waals surface area (Å²) in [7, 11) is 0. The number of amides is 1. The van der Waals surface area contributed by atoms with Gasteiger partial charge in [-0.1, -0.05) is 12.1 Å². The average Bonchev–Trinajstić information content (AvgIpc) is 2.15. The van der Waals surface area contributed by atoms with E-state index < -0.39 is 11.6 Å². The van der Waals surface area contributed by atoms with Crippen LogP contribution >= 0.6 is 0 Å². The predicted octanol–water partition coefficient (Wildman–Crippen LogP) is 3.37. The Morgan fingerprint density at radius 2 is 1.88 bits per heavy atom. The Labute approximate surface area is 93.7 Å². The van der Waals surface area contributed by atoms with Gasteiger partial charge in [0.1, 0.15) is 5.69 Å². The van der Waals surface area contributed by atoms with Gasteiger partial charge in [-0.25, -0.2) is 4.79 Å². The van der Waals surface area contributed by atoms with Gasteiger partial charge in [0.15, 0.2) is 0 Å². The van der Waals surface area contributed by atoms with Gasteiger partial charge >= 0.3 is 6.09 Å². The van der Waals surface area contributed by atoms with Crippen LogP contribution in [-0.2, 0) is 0 Å². The molecular formula is C11H14N2O3. The third kappa shape index (κ3) is 2.36. The average molecular weight is 222 g/mol. The molecule has 1 aromatic rings. The third-order valence-corrected chi connectivity index (χ3v) is 2.08. The second kappa shape index (κ2) is 4.30. The van der Waals surface area contributed by atoms with Crippen LogP contribution < -0.4 is 4.90 Å². The fourth-order valence-corrected chi connectivity index (χ4v) is 1.48. The minimum atomic E-state index is -1.11. The van der Waals surface area contributed by atoms with Crippen molar-refractivity contribution in [3.8, 4) is 0 Å². The number of benzene rings is 1.